The lowest BCUT2D eigenvalue weighted by molar-refractivity contribution is -0.115. The molecular formula is C17H17N3O. The second kappa shape index (κ2) is 7.22. The Morgan fingerprint density at radius 2 is 2.24 bits per heavy atom. The minimum absolute atomic E-state index is 0.0740. The zero-order chi connectivity index (χ0) is 15.1. The zero-order valence-electron chi connectivity index (χ0n) is 11.9. The van der Waals surface area contributed by atoms with Gasteiger partial charge in [-0.2, -0.15) is 0 Å². The first-order chi connectivity index (χ1) is 10.2. The summed E-state index contributed by atoms with van der Waals surface area (Å²) >= 11 is 0. The van der Waals surface area contributed by atoms with Gasteiger partial charge >= 0.3 is 0 Å². The molecule has 1 amide bonds. The number of benzene rings is 1. The highest BCUT2D eigenvalue weighted by Crippen LogP contribution is 2.16. The molecule has 0 bridgehead atoms. The van der Waals surface area contributed by atoms with Crippen LogP contribution in [-0.4, -0.2) is 17.4 Å². The molecule has 4 heteroatoms. The van der Waals surface area contributed by atoms with Crippen molar-refractivity contribution in [2.75, 3.05) is 11.9 Å². The van der Waals surface area contributed by atoms with Crippen molar-refractivity contribution in [1.29, 1.82) is 0 Å². The van der Waals surface area contributed by atoms with Crippen molar-refractivity contribution in [3.63, 3.8) is 0 Å². The average molecular weight is 279 g/mol. The molecule has 4 nitrogen and oxygen atoms in total. The Bertz CT molecular complexity index is 684. The molecule has 0 saturated carbocycles. The number of hydrogen-bond acceptors (Lipinski definition) is 3. The van der Waals surface area contributed by atoms with E-state index >= 15 is 0 Å². The second-order valence-corrected chi connectivity index (χ2v) is 4.62. The molecule has 2 aromatic rings. The van der Waals surface area contributed by atoms with Crippen molar-refractivity contribution in [1.82, 2.24) is 4.98 Å². The fourth-order valence-electron chi connectivity index (χ4n) is 1.87. The topological polar surface area (TPSA) is 68.0 Å². The molecule has 0 aliphatic rings. The maximum absolute atomic E-state index is 12.1. The van der Waals surface area contributed by atoms with E-state index in [9.17, 15) is 4.79 Å². The summed E-state index contributed by atoms with van der Waals surface area (Å²) in [4.78, 5) is 16.1. The summed E-state index contributed by atoms with van der Waals surface area (Å²) < 4.78 is 0. The minimum Gasteiger partial charge on any atom is -0.326 e. The van der Waals surface area contributed by atoms with Gasteiger partial charge in [-0.25, -0.2) is 0 Å². The highest BCUT2D eigenvalue weighted by atomic mass is 16.1. The maximum atomic E-state index is 12.1. The average Bonchev–Trinajstić information content (AvgIpc) is 2.49. The molecule has 0 aliphatic heterocycles. The molecule has 1 aromatic carbocycles. The van der Waals surface area contributed by atoms with E-state index in [0.717, 1.165) is 22.4 Å². The summed E-state index contributed by atoms with van der Waals surface area (Å²) in [5, 5.41) is 2.91. The first-order valence-corrected chi connectivity index (χ1v) is 6.67. The third-order valence-electron chi connectivity index (χ3n) is 2.93. The molecule has 0 fully saturated rings. The van der Waals surface area contributed by atoms with Crippen LogP contribution in [0.15, 0.2) is 42.7 Å². The molecule has 3 N–H and O–H groups in total. The van der Waals surface area contributed by atoms with E-state index in [4.69, 9.17) is 5.73 Å². The van der Waals surface area contributed by atoms with Crippen LogP contribution in [0.25, 0.3) is 0 Å². The number of hydrogen-bond donors (Lipinski definition) is 2. The highest BCUT2D eigenvalue weighted by molar-refractivity contribution is 5.93. The molecule has 0 saturated heterocycles. The second-order valence-electron chi connectivity index (χ2n) is 4.62. The third kappa shape index (κ3) is 4.44. The Labute approximate surface area is 124 Å². The molecular weight excluding hydrogens is 262 g/mol. The number of anilines is 1. The summed E-state index contributed by atoms with van der Waals surface area (Å²) in [6.45, 7) is 2.26. The van der Waals surface area contributed by atoms with Crippen LogP contribution in [0.4, 0.5) is 5.69 Å². The monoisotopic (exact) mass is 279 g/mol. The smallest absolute Gasteiger partial charge is 0.228 e. The first kappa shape index (κ1) is 14.8. The Hall–Kier alpha value is -2.64. The van der Waals surface area contributed by atoms with E-state index in [1.165, 1.54) is 0 Å². The molecule has 0 unspecified atom stereocenters. The lowest BCUT2D eigenvalue weighted by Crippen LogP contribution is -2.15. The van der Waals surface area contributed by atoms with Gasteiger partial charge < -0.3 is 11.1 Å². The zero-order valence-corrected chi connectivity index (χ0v) is 11.9. The van der Waals surface area contributed by atoms with Gasteiger partial charge in [-0.1, -0.05) is 24.0 Å². The van der Waals surface area contributed by atoms with Gasteiger partial charge in [0.25, 0.3) is 0 Å². The lowest BCUT2D eigenvalue weighted by atomic mass is 10.1. The van der Waals surface area contributed by atoms with E-state index in [1.807, 2.05) is 37.3 Å². The Balaban J connectivity index is 2.09. The standard InChI is InChI=1S/C17H17N3O/c1-13-6-7-14(4-2-8-18)10-16(13)20-17(21)11-15-5-3-9-19-12-15/h3,5-7,9-10,12H,8,11,18H2,1H3,(H,20,21). The minimum atomic E-state index is -0.0740. The van der Waals surface area contributed by atoms with E-state index in [2.05, 4.69) is 22.1 Å². The van der Waals surface area contributed by atoms with Gasteiger partial charge in [-0.3, -0.25) is 9.78 Å². The van der Waals surface area contributed by atoms with Gasteiger partial charge in [-0.15, -0.1) is 0 Å². The van der Waals surface area contributed by atoms with Gasteiger partial charge in [-0.05, 0) is 36.2 Å². The summed E-state index contributed by atoms with van der Waals surface area (Å²) in [5.41, 5.74) is 8.84. The van der Waals surface area contributed by atoms with Crippen molar-refractivity contribution in [3.8, 4) is 11.8 Å². The molecule has 0 aliphatic carbocycles. The van der Waals surface area contributed by atoms with Crippen LogP contribution in [0.1, 0.15) is 16.7 Å². The number of nitrogens with one attached hydrogen (secondary N) is 1. The molecule has 0 radical (unpaired) electrons. The van der Waals surface area contributed by atoms with E-state index in [0.29, 0.717) is 13.0 Å². The number of amides is 1. The highest BCUT2D eigenvalue weighted by Gasteiger charge is 2.06. The molecule has 106 valence electrons. The number of nitrogens with two attached hydrogens (primary N) is 1. The van der Waals surface area contributed by atoms with Gasteiger partial charge in [0, 0.05) is 23.6 Å². The largest absolute Gasteiger partial charge is 0.326 e. The Morgan fingerprint density at radius 3 is 2.95 bits per heavy atom. The van der Waals surface area contributed by atoms with Crippen LogP contribution in [0.2, 0.25) is 0 Å². The van der Waals surface area contributed by atoms with Crippen molar-refractivity contribution in [2.24, 2.45) is 5.73 Å². The number of carbonyl (C=O) groups is 1. The van der Waals surface area contributed by atoms with Crippen LogP contribution in [0.5, 0.6) is 0 Å². The summed E-state index contributed by atoms with van der Waals surface area (Å²) in [7, 11) is 0. The first-order valence-electron chi connectivity index (χ1n) is 6.67. The van der Waals surface area contributed by atoms with Gasteiger partial charge in [0.1, 0.15) is 0 Å². The lowest BCUT2D eigenvalue weighted by Gasteiger charge is -2.09. The van der Waals surface area contributed by atoms with Crippen LogP contribution in [0, 0.1) is 18.8 Å². The number of pyridine rings is 1. The number of rotatable bonds is 3. The van der Waals surface area contributed by atoms with Gasteiger partial charge in [0.15, 0.2) is 0 Å². The quantitative estimate of drug-likeness (QED) is 0.843. The maximum Gasteiger partial charge on any atom is 0.228 e. The number of aryl methyl sites for hydroxylation is 1. The molecule has 0 spiro atoms. The van der Waals surface area contributed by atoms with Crippen molar-refractivity contribution in [2.45, 2.75) is 13.3 Å². The van der Waals surface area contributed by atoms with E-state index in [-0.39, 0.29) is 5.91 Å². The third-order valence-corrected chi connectivity index (χ3v) is 2.93. The Morgan fingerprint density at radius 1 is 1.38 bits per heavy atom. The van der Waals surface area contributed by atoms with Crippen molar-refractivity contribution in [3.05, 3.63) is 59.4 Å². The normalized spacial score (nSPS) is 9.62. The predicted molar refractivity (Wildman–Crippen MR) is 83.7 cm³/mol. The van der Waals surface area contributed by atoms with Crippen LogP contribution < -0.4 is 11.1 Å². The fourth-order valence-corrected chi connectivity index (χ4v) is 1.87. The predicted octanol–water partition coefficient (Wildman–Crippen LogP) is 1.88. The summed E-state index contributed by atoms with van der Waals surface area (Å²) in [6, 6.07) is 9.40. The van der Waals surface area contributed by atoms with Gasteiger partial charge in [0.2, 0.25) is 5.91 Å². The van der Waals surface area contributed by atoms with Gasteiger partial charge in [0.05, 0.1) is 13.0 Å². The summed E-state index contributed by atoms with van der Waals surface area (Å²) in [6.07, 6.45) is 3.67. The molecule has 1 aromatic heterocycles. The molecule has 2 rings (SSSR count). The molecule has 0 atom stereocenters. The molecule has 21 heavy (non-hydrogen) atoms. The van der Waals surface area contributed by atoms with E-state index < -0.39 is 0 Å². The summed E-state index contributed by atoms with van der Waals surface area (Å²) in [5.74, 6) is 5.69. The van der Waals surface area contributed by atoms with E-state index in [1.54, 1.807) is 12.4 Å². The van der Waals surface area contributed by atoms with Crippen molar-refractivity contribution < 1.29 is 4.79 Å². The number of aromatic nitrogens is 1. The number of carbonyl (C=O) groups excluding carboxylic acids is 1. The SMILES string of the molecule is Cc1ccc(C#CCN)cc1NC(=O)Cc1cccnc1. The van der Waals surface area contributed by atoms with Crippen molar-refractivity contribution >= 4 is 11.6 Å². The number of nitrogens with zero attached hydrogens (tertiary/aromatic N) is 1. The van der Waals surface area contributed by atoms with Crippen LogP contribution >= 0.6 is 0 Å². The fraction of sp³-hybridized carbons (Fsp3) is 0.176. The van der Waals surface area contributed by atoms with Crippen LogP contribution in [-0.2, 0) is 11.2 Å². The Kier molecular flexibility index (Phi) is 5.08. The molecule has 1 heterocycles. The van der Waals surface area contributed by atoms with Crippen LogP contribution in [0.3, 0.4) is 0 Å².